The van der Waals surface area contributed by atoms with Crippen LogP contribution in [0.5, 0.6) is 5.75 Å². The first-order chi connectivity index (χ1) is 22.6. The second kappa shape index (κ2) is 18.4. The van der Waals surface area contributed by atoms with Crippen LogP contribution in [0.25, 0.3) is 0 Å². The number of carbonyl (C=O) groups excluding carboxylic acids is 7. The zero-order chi connectivity index (χ0) is 34.3. The van der Waals surface area contributed by atoms with Gasteiger partial charge in [-0.25, -0.2) is 9.59 Å². The maximum Gasteiger partial charge on any atom is 0.413 e. The van der Waals surface area contributed by atoms with E-state index in [1.54, 1.807) is 6.92 Å². The number of carbonyl (C=O) groups is 7. The summed E-state index contributed by atoms with van der Waals surface area (Å²) in [6.07, 6.45) is 6.21. The molecule has 4 amide bonds. The van der Waals surface area contributed by atoms with Crippen LogP contribution >= 0.6 is 0 Å². The number of likely N-dealkylation sites (tertiary alicyclic amines) is 1. The van der Waals surface area contributed by atoms with Gasteiger partial charge in [0.1, 0.15) is 31.0 Å². The van der Waals surface area contributed by atoms with Crippen LogP contribution in [0.4, 0.5) is 4.79 Å². The molecule has 1 saturated carbocycles. The lowest BCUT2D eigenvalue weighted by Crippen LogP contribution is -2.58. The minimum Gasteiger partial charge on any atom is -0.465 e. The van der Waals surface area contributed by atoms with Gasteiger partial charge in [0.2, 0.25) is 17.6 Å². The highest BCUT2D eigenvalue weighted by Gasteiger charge is 2.42. The first-order valence-electron chi connectivity index (χ1n) is 16.0. The zero-order valence-electron chi connectivity index (χ0n) is 26.9. The van der Waals surface area contributed by atoms with Gasteiger partial charge in [0.25, 0.3) is 5.91 Å². The average molecular weight is 657 g/mol. The molecule has 3 N–H and O–H groups in total. The molecule has 0 aromatic heterocycles. The summed E-state index contributed by atoms with van der Waals surface area (Å²) in [5.41, 5.74) is 0.279. The van der Waals surface area contributed by atoms with Crippen LogP contribution in [0, 0.1) is 5.92 Å². The Morgan fingerprint density at radius 1 is 0.979 bits per heavy atom. The van der Waals surface area contributed by atoms with E-state index in [2.05, 4.69) is 27.3 Å². The minimum atomic E-state index is -1.16. The van der Waals surface area contributed by atoms with E-state index >= 15 is 0 Å². The number of nitrogens with one attached hydrogen (secondary N) is 3. The number of esters is 2. The highest BCUT2D eigenvalue weighted by molar-refractivity contribution is 6.38. The van der Waals surface area contributed by atoms with Crippen molar-refractivity contribution in [1.82, 2.24) is 20.9 Å². The fourth-order valence-electron chi connectivity index (χ4n) is 5.80. The monoisotopic (exact) mass is 656 g/mol. The molecule has 0 radical (unpaired) electrons. The van der Waals surface area contributed by atoms with Gasteiger partial charge >= 0.3 is 18.0 Å². The van der Waals surface area contributed by atoms with E-state index < -0.39 is 66.2 Å². The largest absolute Gasteiger partial charge is 0.465 e. The predicted octanol–water partition coefficient (Wildman–Crippen LogP) is 2.20. The highest BCUT2D eigenvalue weighted by atomic mass is 16.6. The standard InChI is InChI=1S/C33H44N4O10/c1-4-10-24(28(39)30(41)34-20-26(38)46-19-5-2)35-29(40)25-13-9-18-37(25)31(42)27(21-11-7-6-8-12-21)36-33(44)47-23-16-14-22(15-17-23)32(43)45-3/h5,14-17,21,24-25,27H,2,4,6-13,18-20H2,1,3H3,(H,34,41)(H,35,40)(H,36,44)/t24-,25-,27-/m0/s1. The van der Waals surface area contributed by atoms with Crippen molar-refractivity contribution in [1.29, 1.82) is 0 Å². The number of ketones is 1. The molecule has 3 rings (SSSR count). The lowest BCUT2D eigenvalue weighted by atomic mass is 9.83. The fraction of sp³-hybridized carbons (Fsp3) is 0.545. The van der Waals surface area contributed by atoms with E-state index in [0.29, 0.717) is 32.1 Å². The van der Waals surface area contributed by atoms with Crippen molar-refractivity contribution < 1.29 is 47.8 Å². The Hall–Kier alpha value is -4.75. The molecule has 2 aliphatic rings. The van der Waals surface area contributed by atoms with E-state index in [1.807, 2.05) is 0 Å². The Balaban J connectivity index is 1.69. The molecule has 1 aliphatic carbocycles. The lowest BCUT2D eigenvalue weighted by molar-refractivity contribution is -0.145. The van der Waals surface area contributed by atoms with Crippen molar-refractivity contribution in [2.24, 2.45) is 5.92 Å². The number of ether oxygens (including phenoxy) is 3. The third-order valence-electron chi connectivity index (χ3n) is 8.17. The molecule has 1 heterocycles. The van der Waals surface area contributed by atoms with Gasteiger partial charge in [-0.05, 0) is 62.3 Å². The summed E-state index contributed by atoms with van der Waals surface area (Å²) in [5.74, 6) is -4.28. The summed E-state index contributed by atoms with van der Waals surface area (Å²) >= 11 is 0. The van der Waals surface area contributed by atoms with Gasteiger partial charge in [-0.1, -0.05) is 45.3 Å². The molecule has 1 saturated heterocycles. The van der Waals surface area contributed by atoms with Crippen LogP contribution in [-0.4, -0.2) is 91.4 Å². The first kappa shape index (κ1) is 36.7. The molecule has 3 atom stereocenters. The molecule has 0 unspecified atom stereocenters. The maximum absolute atomic E-state index is 14.0. The molecular weight excluding hydrogens is 612 g/mol. The molecule has 14 nitrogen and oxygen atoms in total. The number of hydrogen-bond donors (Lipinski definition) is 3. The summed E-state index contributed by atoms with van der Waals surface area (Å²) in [7, 11) is 1.26. The number of Topliss-reactive ketones (excluding diaryl/α,β-unsaturated/α-hetero) is 1. The zero-order valence-corrected chi connectivity index (χ0v) is 26.9. The van der Waals surface area contributed by atoms with Crippen LogP contribution in [0.2, 0.25) is 0 Å². The smallest absolute Gasteiger partial charge is 0.413 e. The number of amides is 4. The van der Waals surface area contributed by atoms with E-state index in [-0.39, 0.29) is 36.8 Å². The van der Waals surface area contributed by atoms with Crippen molar-refractivity contribution in [3.8, 4) is 5.75 Å². The Bertz CT molecular complexity index is 1310. The Morgan fingerprint density at radius 2 is 1.68 bits per heavy atom. The minimum absolute atomic E-state index is 0.0433. The summed E-state index contributed by atoms with van der Waals surface area (Å²) in [4.78, 5) is 90.8. The summed E-state index contributed by atoms with van der Waals surface area (Å²) in [5, 5.41) is 7.57. The molecular formula is C33H44N4O10. The van der Waals surface area contributed by atoms with Gasteiger partial charge in [-0.3, -0.25) is 24.0 Å². The summed E-state index contributed by atoms with van der Waals surface area (Å²) in [6.45, 7) is 4.92. The number of nitrogens with zero attached hydrogens (tertiary/aromatic N) is 1. The Labute approximate surface area is 273 Å². The number of rotatable bonds is 15. The van der Waals surface area contributed by atoms with E-state index in [9.17, 15) is 33.6 Å². The highest BCUT2D eigenvalue weighted by Crippen LogP contribution is 2.29. The molecule has 256 valence electrons. The third-order valence-corrected chi connectivity index (χ3v) is 8.17. The topological polar surface area (TPSA) is 187 Å². The number of methoxy groups -OCH3 is 1. The molecule has 0 bridgehead atoms. The van der Waals surface area contributed by atoms with Crippen LogP contribution in [0.1, 0.15) is 75.1 Å². The Morgan fingerprint density at radius 3 is 2.32 bits per heavy atom. The molecule has 2 fully saturated rings. The normalized spacial score (nSPS) is 17.4. The van der Waals surface area contributed by atoms with Gasteiger partial charge in [-0.15, -0.1) is 0 Å². The van der Waals surface area contributed by atoms with Crippen LogP contribution in [-0.2, 0) is 33.4 Å². The number of benzene rings is 1. The van der Waals surface area contributed by atoms with Crippen molar-refractivity contribution in [2.45, 2.75) is 82.8 Å². The molecule has 47 heavy (non-hydrogen) atoms. The molecule has 0 spiro atoms. The van der Waals surface area contributed by atoms with Crippen LogP contribution < -0.4 is 20.7 Å². The van der Waals surface area contributed by atoms with E-state index in [0.717, 1.165) is 19.3 Å². The van der Waals surface area contributed by atoms with Crippen molar-refractivity contribution in [3.05, 3.63) is 42.5 Å². The SMILES string of the molecule is C=CCOC(=O)CNC(=O)C(=O)[C@H](CCC)NC(=O)[C@@H]1CCCN1C(=O)[C@@H](NC(=O)Oc1ccc(C(=O)OC)cc1)C1CCCCC1. The molecule has 1 aromatic rings. The maximum atomic E-state index is 14.0. The number of hydrogen-bond acceptors (Lipinski definition) is 10. The van der Waals surface area contributed by atoms with Gasteiger partial charge in [0.05, 0.1) is 18.7 Å². The van der Waals surface area contributed by atoms with Gasteiger partial charge in [0, 0.05) is 6.54 Å². The van der Waals surface area contributed by atoms with Gasteiger partial charge in [0.15, 0.2) is 0 Å². The summed E-state index contributed by atoms with van der Waals surface area (Å²) < 4.78 is 14.9. The third kappa shape index (κ3) is 10.6. The van der Waals surface area contributed by atoms with E-state index in [1.165, 1.54) is 42.4 Å². The van der Waals surface area contributed by atoms with Crippen LogP contribution in [0.15, 0.2) is 36.9 Å². The first-order valence-corrected chi connectivity index (χ1v) is 16.0. The van der Waals surface area contributed by atoms with Gasteiger partial charge in [-0.2, -0.15) is 0 Å². The van der Waals surface area contributed by atoms with Crippen LogP contribution in [0.3, 0.4) is 0 Å². The Kier molecular flexibility index (Phi) is 14.4. The second-order valence-corrected chi connectivity index (χ2v) is 11.5. The fourth-order valence-corrected chi connectivity index (χ4v) is 5.80. The molecule has 1 aliphatic heterocycles. The second-order valence-electron chi connectivity index (χ2n) is 11.5. The molecule has 14 heteroatoms. The van der Waals surface area contributed by atoms with Crippen molar-refractivity contribution >= 4 is 41.5 Å². The predicted molar refractivity (Wildman–Crippen MR) is 168 cm³/mol. The van der Waals surface area contributed by atoms with Gasteiger partial charge < -0.3 is 35.1 Å². The summed E-state index contributed by atoms with van der Waals surface area (Å²) in [6, 6.07) is 2.74. The van der Waals surface area contributed by atoms with Crippen molar-refractivity contribution in [3.63, 3.8) is 0 Å². The molecule has 1 aromatic carbocycles. The van der Waals surface area contributed by atoms with Crippen molar-refractivity contribution in [2.75, 3.05) is 26.8 Å². The quantitative estimate of drug-likeness (QED) is 0.144. The van der Waals surface area contributed by atoms with E-state index in [4.69, 9.17) is 9.47 Å². The lowest BCUT2D eigenvalue weighted by Gasteiger charge is -2.34. The average Bonchev–Trinajstić information content (AvgIpc) is 3.58.